The summed E-state index contributed by atoms with van der Waals surface area (Å²) in [4.78, 5) is 2.45. The standard InChI is InChI=1S/C21H24N4O2S/c1-3-5-17-8-12-20(13-9-17)28(26,27)25-23-15-19-14-22-24-21(19)18-10-6-16(4-2)7-11-18/h6-15,25H,3-5H2,1-2H3,(H,22,24)/b23-15+. The van der Waals surface area contributed by atoms with Crippen LogP contribution < -0.4 is 4.83 Å². The Hall–Kier alpha value is -2.93. The van der Waals surface area contributed by atoms with E-state index in [4.69, 9.17) is 0 Å². The van der Waals surface area contributed by atoms with Crippen molar-refractivity contribution in [2.75, 3.05) is 0 Å². The first-order valence-corrected chi connectivity index (χ1v) is 10.8. The van der Waals surface area contributed by atoms with Crippen molar-refractivity contribution >= 4 is 16.2 Å². The molecule has 2 N–H and O–H groups in total. The van der Waals surface area contributed by atoms with Crippen LogP contribution in [0.5, 0.6) is 0 Å². The number of hydrazone groups is 1. The highest BCUT2D eigenvalue weighted by molar-refractivity contribution is 7.89. The molecule has 3 aromatic rings. The SMILES string of the molecule is CCCc1ccc(S(=O)(=O)N/N=C/c2cn[nH]c2-c2ccc(CC)cc2)cc1. The number of hydrogen-bond acceptors (Lipinski definition) is 4. The van der Waals surface area contributed by atoms with Gasteiger partial charge in [0.2, 0.25) is 0 Å². The lowest BCUT2D eigenvalue weighted by Gasteiger charge is -2.05. The highest BCUT2D eigenvalue weighted by atomic mass is 32.2. The van der Waals surface area contributed by atoms with E-state index in [0.717, 1.165) is 36.1 Å². The maximum absolute atomic E-state index is 12.4. The van der Waals surface area contributed by atoms with E-state index in [2.05, 4.69) is 46.1 Å². The van der Waals surface area contributed by atoms with E-state index in [1.54, 1.807) is 18.3 Å². The second kappa shape index (κ2) is 8.84. The molecular formula is C21H24N4O2S. The summed E-state index contributed by atoms with van der Waals surface area (Å²) in [7, 11) is -3.71. The molecule has 0 aliphatic heterocycles. The van der Waals surface area contributed by atoms with Crippen LogP contribution in [0.3, 0.4) is 0 Å². The summed E-state index contributed by atoms with van der Waals surface area (Å²) in [6, 6.07) is 15.0. The number of benzene rings is 2. The summed E-state index contributed by atoms with van der Waals surface area (Å²) < 4.78 is 24.8. The molecule has 0 aliphatic rings. The normalized spacial score (nSPS) is 11.8. The molecule has 0 amide bonds. The Bertz CT molecular complexity index is 1040. The van der Waals surface area contributed by atoms with Gasteiger partial charge in [-0.2, -0.15) is 18.6 Å². The Labute approximate surface area is 165 Å². The summed E-state index contributed by atoms with van der Waals surface area (Å²) in [5.41, 5.74) is 4.81. The highest BCUT2D eigenvalue weighted by Gasteiger charge is 2.13. The van der Waals surface area contributed by atoms with E-state index in [1.807, 2.05) is 24.3 Å². The van der Waals surface area contributed by atoms with Crippen molar-refractivity contribution < 1.29 is 8.42 Å². The van der Waals surface area contributed by atoms with Crippen molar-refractivity contribution in [2.24, 2.45) is 5.10 Å². The number of H-pyrrole nitrogens is 1. The smallest absolute Gasteiger partial charge is 0.276 e. The van der Waals surface area contributed by atoms with Crippen LogP contribution >= 0.6 is 0 Å². The topological polar surface area (TPSA) is 87.2 Å². The Morgan fingerprint density at radius 2 is 1.71 bits per heavy atom. The lowest BCUT2D eigenvalue weighted by atomic mass is 10.1. The van der Waals surface area contributed by atoms with Crippen LogP contribution in [0.4, 0.5) is 0 Å². The summed E-state index contributed by atoms with van der Waals surface area (Å²) in [6.45, 7) is 4.19. The molecule has 0 fully saturated rings. The fraction of sp³-hybridized carbons (Fsp3) is 0.238. The zero-order chi connectivity index (χ0) is 20.0. The first kappa shape index (κ1) is 19.8. The van der Waals surface area contributed by atoms with Crippen molar-refractivity contribution in [1.82, 2.24) is 15.0 Å². The molecule has 28 heavy (non-hydrogen) atoms. The van der Waals surface area contributed by atoms with Crippen LogP contribution in [-0.2, 0) is 22.9 Å². The van der Waals surface area contributed by atoms with Gasteiger partial charge in [-0.1, -0.05) is 56.7 Å². The number of aryl methyl sites for hydroxylation is 2. The van der Waals surface area contributed by atoms with Gasteiger partial charge in [-0.3, -0.25) is 5.10 Å². The average Bonchev–Trinajstić information content (AvgIpc) is 3.17. The molecule has 2 aromatic carbocycles. The summed E-state index contributed by atoms with van der Waals surface area (Å²) in [5, 5.41) is 10.9. The Morgan fingerprint density at radius 3 is 2.36 bits per heavy atom. The van der Waals surface area contributed by atoms with E-state index in [9.17, 15) is 8.42 Å². The molecule has 0 bridgehead atoms. The molecule has 0 atom stereocenters. The second-order valence-corrected chi connectivity index (χ2v) is 8.16. The highest BCUT2D eigenvalue weighted by Crippen LogP contribution is 2.20. The molecule has 3 rings (SSSR count). The first-order valence-electron chi connectivity index (χ1n) is 9.30. The quantitative estimate of drug-likeness (QED) is 0.447. The van der Waals surface area contributed by atoms with Crippen LogP contribution in [0, 0.1) is 0 Å². The molecule has 0 spiro atoms. The fourth-order valence-electron chi connectivity index (χ4n) is 2.87. The second-order valence-electron chi connectivity index (χ2n) is 6.50. The Balaban J connectivity index is 1.73. The number of nitrogens with zero attached hydrogens (tertiary/aromatic N) is 2. The van der Waals surface area contributed by atoms with Crippen molar-refractivity contribution in [1.29, 1.82) is 0 Å². The van der Waals surface area contributed by atoms with Gasteiger partial charge in [0.1, 0.15) is 0 Å². The lowest BCUT2D eigenvalue weighted by Crippen LogP contribution is -2.18. The number of nitrogens with one attached hydrogen (secondary N) is 2. The molecule has 0 saturated carbocycles. The average molecular weight is 397 g/mol. The van der Waals surface area contributed by atoms with Gasteiger partial charge < -0.3 is 0 Å². The predicted octanol–water partition coefficient (Wildman–Crippen LogP) is 3.90. The van der Waals surface area contributed by atoms with Gasteiger partial charge in [0.15, 0.2) is 0 Å². The summed E-state index contributed by atoms with van der Waals surface area (Å²) in [5.74, 6) is 0. The van der Waals surface area contributed by atoms with Gasteiger partial charge in [-0.15, -0.1) is 0 Å². The summed E-state index contributed by atoms with van der Waals surface area (Å²) in [6.07, 6.45) is 5.98. The largest absolute Gasteiger partial charge is 0.277 e. The molecule has 7 heteroatoms. The molecule has 0 saturated heterocycles. The number of hydrogen-bond donors (Lipinski definition) is 2. The van der Waals surface area contributed by atoms with Crippen molar-refractivity contribution in [2.45, 2.75) is 38.0 Å². The van der Waals surface area contributed by atoms with Crippen molar-refractivity contribution in [3.05, 3.63) is 71.4 Å². The van der Waals surface area contributed by atoms with Crippen molar-refractivity contribution in [3.8, 4) is 11.3 Å². The fourth-order valence-corrected chi connectivity index (χ4v) is 3.66. The monoisotopic (exact) mass is 396 g/mol. The van der Waals surface area contributed by atoms with Gasteiger partial charge in [-0.25, -0.2) is 4.83 Å². The van der Waals surface area contributed by atoms with Gasteiger partial charge in [0.05, 0.1) is 23.0 Å². The maximum Gasteiger partial charge on any atom is 0.276 e. The van der Waals surface area contributed by atoms with Crippen LogP contribution in [0.1, 0.15) is 37.0 Å². The molecule has 1 heterocycles. The van der Waals surface area contributed by atoms with Gasteiger partial charge in [0, 0.05) is 11.1 Å². The van der Waals surface area contributed by atoms with E-state index in [0.29, 0.717) is 5.56 Å². The number of aromatic nitrogens is 2. The number of rotatable bonds is 8. The zero-order valence-corrected chi connectivity index (χ0v) is 16.8. The van der Waals surface area contributed by atoms with Gasteiger partial charge >= 0.3 is 0 Å². The number of sulfonamides is 1. The minimum atomic E-state index is -3.71. The van der Waals surface area contributed by atoms with E-state index in [1.165, 1.54) is 11.8 Å². The molecule has 0 aliphatic carbocycles. The predicted molar refractivity (Wildman–Crippen MR) is 112 cm³/mol. The first-order chi connectivity index (χ1) is 13.5. The van der Waals surface area contributed by atoms with Crippen LogP contribution in [0.15, 0.2) is 64.7 Å². The molecular weight excluding hydrogens is 372 g/mol. The molecule has 146 valence electrons. The van der Waals surface area contributed by atoms with E-state index < -0.39 is 10.0 Å². The third-order valence-electron chi connectivity index (χ3n) is 4.47. The molecule has 0 radical (unpaired) electrons. The van der Waals surface area contributed by atoms with E-state index >= 15 is 0 Å². The van der Waals surface area contributed by atoms with E-state index in [-0.39, 0.29) is 4.90 Å². The molecule has 6 nitrogen and oxygen atoms in total. The third-order valence-corrected chi connectivity index (χ3v) is 5.71. The summed E-state index contributed by atoms with van der Waals surface area (Å²) >= 11 is 0. The minimum absolute atomic E-state index is 0.187. The number of aromatic amines is 1. The van der Waals surface area contributed by atoms with Crippen molar-refractivity contribution in [3.63, 3.8) is 0 Å². The maximum atomic E-state index is 12.4. The Kier molecular flexibility index (Phi) is 6.26. The van der Waals surface area contributed by atoms with Crippen LogP contribution in [0.2, 0.25) is 0 Å². The molecule has 0 unspecified atom stereocenters. The van der Waals surface area contributed by atoms with Crippen LogP contribution in [-0.4, -0.2) is 24.8 Å². The van der Waals surface area contributed by atoms with Crippen LogP contribution in [0.25, 0.3) is 11.3 Å². The third kappa shape index (κ3) is 4.67. The zero-order valence-electron chi connectivity index (χ0n) is 16.0. The van der Waals surface area contributed by atoms with Gasteiger partial charge in [-0.05, 0) is 36.1 Å². The lowest BCUT2D eigenvalue weighted by molar-refractivity contribution is 0.584. The molecule has 1 aromatic heterocycles. The Morgan fingerprint density at radius 1 is 1.04 bits per heavy atom. The minimum Gasteiger partial charge on any atom is -0.277 e. The van der Waals surface area contributed by atoms with Gasteiger partial charge in [0.25, 0.3) is 10.0 Å².